The molecule has 0 aliphatic rings. The van der Waals surface area contributed by atoms with Crippen LogP contribution >= 0.6 is 0 Å². The van der Waals surface area contributed by atoms with Gasteiger partial charge in [-0.2, -0.15) is 0 Å². The molecule has 0 saturated heterocycles. The number of pyridine rings is 1. The minimum Gasteiger partial charge on any atom is -0.497 e. The van der Waals surface area contributed by atoms with Crippen LogP contribution < -0.4 is 9.64 Å². The highest BCUT2D eigenvalue weighted by Crippen LogP contribution is 2.17. The lowest BCUT2D eigenvalue weighted by Gasteiger charge is -2.25. The largest absolute Gasteiger partial charge is 0.497 e. The molecule has 0 fully saturated rings. The third kappa shape index (κ3) is 16.8. The summed E-state index contributed by atoms with van der Waals surface area (Å²) in [6, 6.07) is 14.2. The summed E-state index contributed by atoms with van der Waals surface area (Å²) in [6.07, 6.45) is 0.667. The van der Waals surface area contributed by atoms with E-state index in [0.717, 1.165) is 31.2 Å². The Morgan fingerprint density at radius 2 is 1.36 bits per heavy atom. The van der Waals surface area contributed by atoms with Crippen LogP contribution in [-0.2, 0) is 30.5 Å². The fourth-order valence-corrected chi connectivity index (χ4v) is 2.94. The van der Waals surface area contributed by atoms with Crippen LogP contribution in [-0.4, -0.2) is 110 Å². The summed E-state index contributed by atoms with van der Waals surface area (Å²) in [5.41, 5.74) is -1.49. The molecule has 42 heavy (non-hydrogen) atoms. The molecule has 2 aromatic rings. The normalized spacial score (nSPS) is 10.5. The topological polar surface area (TPSA) is 235 Å². The highest BCUT2D eigenvalue weighted by molar-refractivity contribution is 5.89. The molecule has 0 atom stereocenters. The zero-order chi connectivity index (χ0) is 32.3. The summed E-state index contributed by atoms with van der Waals surface area (Å²) in [6.45, 7) is 2.78. The minimum atomic E-state index is -2.74. The Kier molecular flexibility index (Phi) is 16.8. The summed E-state index contributed by atoms with van der Waals surface area (Å²) in [4.78, 5) is 58.5. The van der Waals surface area contributed by atoms with Crippen LogP contribution in [0.15, 0.2) is 60.8 Å². The molecule has 6 N–H and O–H groups in total. The van der Waals surface area contributed by atoms with Gasteiger partial charge in [-0.05, 0) is 43.9 Å². The number of carboxylic acid groups (broad SMARTS) is 5. The SMILES string of the molecule is COc1ccc(CN(CCN(C)C)c2ccccn2)cc1.O=C(O)/C=C\C(=O)O.O=C(O)CC(O)(CC(=O)O)C(=O)O. The zero-order valence-electron chi connectivity index (χ0n) is 23.3. The number of likely N-dealkylation sites (N-methyl/N-ethyl adjacent to an activating group) is 1. The molecule has 230 valence electrons. The molecule has 0 saturated carbocycles. The van der Waals surface area contributed by atoms with Crippen molar-refractivity contribution in [2.24, 2.45) is 0 Å². The van der Waals surface area contributed by atoms with E-state index < -0.39 is 48.3 Å². The number of hydrogen-bond acceptors (Lipinski definition) is 10. The van der Waals surface area contributed by atoms with Gasteiger partial charge in [0.25, 0.3) is 0 Å². The van der Waals surface area contributed by atoms with Crippen molar-refractivity contribution in [1.82, 2.24) is 9.88 Å². The van der Waals surface area contributed by atoms with Crippen molar-refractivity contribution in [1.29, 1.82) is 0 Å². The Morgan fingerprint density at radius 3 is 1.71 bits per heavy atom. The fourth-order valence-electron chi connectivity index (χ4n) is 2.94. The van der Waals surface area contributed by atoms with E-state index in [2.05, 4.69) is 47.1 Å². The molecule has 15 nitrogen and oxygen atoms in total. The number of nitrogens with zero attached hydrogens (tertiary/aromatic N) is 3. The molecule has 0 aliphatic heterocycles. The quantitative estimate of drug-likeness (QED) is 0.168. The van der Waals surface area contributed by atoms with E-state index in [1.54, 1.807) is 7.11 Å². The van der Waals surface area contributed by atoms with Crippen molar-refractivity contribution in [3.63, 3.8) is 0 Å². The molecule has 1 aromatic carbocycles. The van der Waals surface area contributed by atoms with E-state index in [-0.39, 0.29) is 0 Å². The van der Waals surface area contributed by atoms with Crippen LogP contribution in [0.2, 0.25) is 0 Å². The first-order chi connectivity index (χ1) is 19.6. The number of rotatable bonds is 14. The van der Waals surface area contributed by atoms with E-state index in [1.165, 1.54) is 5.56 Å². The van der Waals surface area contributed by atoms with E-state index in [9.17, 15) is 24.0 Å². The van der Waals surface area contributed by atoms with E-state index in [1.807, 2.05) is 30.5 Å². The monoisotopic (exact) mass is 593 g/mol. The number of aliphatic hydroxyl groups is 1. The Balaban J connectivity index is 0.000000684. The highest BCUT2D eigenvalue weighted by Gasteiger charge is 2.40. The van der Waals surface area contributed by atoms with Crippen LogP contribution in [0.4, 0.5) is 5.82 Å². The van der Waals surface area contributed by atoms with Gasteiger partial charge in [-0.15, -0.1) is 0 Å². The fraction of sp³-hybridized carbons (Fsp3) is 0.333. The van der Waals surface area contributed by atoms with Gasteiger partial charge in [0.2, 0.25) is 0 Å². The number of anilines is 1. The summed E-state index contributed by atoms with van der Waals surface area (Å²) >= 11 is 0. The van der Waals surface area contributed by atoms with E-state index >= 15 is 0 Å². The van der Waals surface area contributed by atoms with Crippen LogP contribution in [0.1, 0.15) is 18.4 Å². The molecule has 0 radical (unpaired) electrons. The molecule has 2 rings (SSSR count). The van der Waals surface area contributed by atoms with Gasteiger partial charge in [-0.25, -0.2) is 19.4 Å². The summed E-state index contributed by atoms with van der Waals surface area (Å²) < 4.78 is 5.21. The van der Waals surface area contributed by atoms with Gasteiger partial charge in [0.15, 0.2) is 5.60 Å². The van der Waals surface area contributed by atoms with Crippen molar-refractivity contribution < 1.29 is 59.3 Å². The lowest BCUT2D eigenvalue weighted by molar-refractivity contribution is -0.170. The predicted octanol–water partition coefficient (Wildman–Crippen LogP) is 1.12. The Hall–Kier alpha value is -5.02. The molecule has 1 heterocycles. The van der Waals surface area contributed by atoms with Gasteiger partial charge in [-0.1, -0.05) is 18.2 Å². The Morgan fingerprint density at radius 1 is 0.833 bits per heavy atom. The average molecular weight is 594 g/mol. The predicted molar refractivity (Wildman–Crippen MR) is 148 cm³/mol. The Bertz CT molecular complexity index is 1150. The number of carboxylic acids is 5. The minimum absolute atomic E-state index is 0.558. The second kappa shape index (κ2) is 19.1. The molecular weight excluding hydrogens is 558 g/mol. The summed E-state index contributed by atoms with van der Waals surface area (Å²) in [7, 11) is 5.86. The maximum Gasteiger partial charge on any atom is 0.336 e. The number of methoxy groups -OCH3 is 1. The highest BCUT2D eigenvalue weighted by atomic mass is 16.5. The summed E-state index contributed by atoms with van der Waals surface area (Å²) in [5.74, 6) is -5.64. The van der Waals surface area contributed by atoms with Crippen LogP contribution in [0.3, 0.4) is 0 Å². The number of hydrogen-bond donors (Lipinski definition) is 6. The lowest BCUT2D eigenvalue weighted by Crippen LogP contribution is -2.42. The van der Waals surface area contributed by atoms with E-state index in [0.29, 0.717) is 12.2 Å². The van der Waals surface area contributed by atoms with Gasteiger partial charge >= 0.3 is 29.8 Å². The Labute approximate surface area is 241 Å². The van der Waals surface area contributed by atoms with Gasteiger partial charge in [0.1, 0.15) is 11.6 Å². The third-order valence-electron chi connectivity index (χ3n) is 4.98. The molecule has 0 unspecified atom stereocenters. The first-order valence-corrected chi connectivity index (χ1v) is 12.1. The van der Waals surface area contributed by atoms with Crippen LogP contribution in [0.25, 0.3) is 0 Å². The van der Waals surface area contributed by atoms with Gasteiger partial charge in [0.05, 0.1) is 20.0 Å². The molecule has 0 aliphatic carbocycles. The zero-order valence-corrected chi connectivity index (χ0v) is 23.3. The first-order valence-electron chi connectivity index (χ1n) is 12.1. The van der Waals surface area contributed by atoms with Crippen molar-refractivity contribution in [3.05, 3.63) is 66.4 Å². The van der Waals surface area contributed by atoms with Gasteiger partial charge in [0, 0.05) is 38.0 Å². The van der Waals surface area contributed by atoms with E-state index in [4.69, 9.17) is 35.4 Å². The van der Waals surface area contributed by atoms with Gasteiger partial charge in [-0.3, -0.25) is 9.59 Å². The number of ether oxygens (including phenoxy) is 1. The smallest absolute Gasteiger partial charge is 0.336 e. The lowest BCUT2D eigenvalue weighted by atomic mass is 9.96. The van der Waals surface area contributed by atoms with Crippen LogP contribution in [0.5, 0.6) is 5.75 Å². The molecule has 0 amide bonds. The number of carbonyl (C=O) groups is 5. The molecule has 15 heteroatoms. The molecule has 1 aromatic heterocycles. The second-order valence-corrected chi connectivity index (χ2v) is 8.75. The molecular formula is C27H35N3O12. The van der Waals surface area contributed by atoms with Crippen molar-refractivity contribution >= 4 is 35.7 Å². The standard InChI is InChI=1S/C17H23N3O.C6H8O7.C4H4O4/c1-19(2)12-13-20(17-6-4-5-11-18-17)14-15-7-9-16(21-3)10-8-15;7-3(8)1-6(13,5(11)12)2-4(9)10;5-3(6)1-2-4(7)8/h4-11H,12-14H2,1-3H3;13H,1-2H2,(H,7,8)(H,9,10)(H,11,12);1-2H,(H,5,6)(H,7,8)/b;;2-1-. The number of aliphatic carboxylic acids is 5. The van der Waals surface area contributed by atoms with Gasteiger partial charge < -0.3 is 45.2 Å². The number of benzene rings is 1. The first kappa shape index (κ1) is 37.0. The van der Waals surface area contributed by atoms with Crippen molar-refractivity contribution in [2.45, 2.75) is 25.0 Å². The van der Waals surface area contributed by atoms with Crippen molar-refractivity contribution in [3.8, 4) is 5.75 Å². The third-order valence-corrected chi connectivity index (χ3v) is 4.98. The maximum atomic E-state index is 10.3. The van der Waals surface area contributed by atoms with Crippen molar-refractivity contribution in [2.75, 3.05) is 39.2 Å². The maximum absolute atomic E-state index is 10.3. The molecule has 0 bridgehead atoms. The van der Waals surface area contributed by atoms with Crippen LogP contribution in [0, 0.1) is 0 Å². The summed E-state index contributed by atoms with van der Waals surface area (Å²) in [5, 5.41) is 49.4. The second-order valence-electron chi connectivity index (χ2n) is 8.75. The average Bonchev–Trinajstić information content (AvgIpc) is 2.90. The molecule has 0 spiro atoms. The number of aromatic nitrogens is 1.